The van der Waals surface area contributed by atoms with Crippen LogP contribution in [0.1, 0.15) is 29.5 Å². The van der Waals surface area contributed by atoms with E-state index in [1.54, 1.807) is 0 Å². The lowest BCUT2D eigenvalue weighted by molar-refractivity contribution is 0.573. The summed E-state index contributed by atoms with van der Waals surface area (Å²) in [6, 6.07) is 3.49. The Kier molecular flexibility index (Phi) is 2.87. The molecule has 1 heterocycles. The predicted octanol–water partition coefficient (Wildman–Crippen LogP) is 3.42. The number of fused-ring (bicyclic) bond motifs is 1. The average Bonchev–Trinajstić information content (AvgIpc) is 2.73. The van der Waals surface area contributed by atoms with E-state index in [4.69, 9.17) is 5.73 Å². The highest BCUT2D eigenvalue weighted by Gasteiger charge is 2.22. The number of halogens is 2. The highest BCUT2D eigenvalue weighted by molar-refractivity contribution is 7.15. The van der Waals surface area contributed by atoms with E-state index in [0.29, 0.717) is 10.6 Å². The van der Waals surface area contributed by atoms with E-state index in [-0.39, 0.29) is 6.04 Å². The van der Waals surface area contributed by atoms with E-state index >= 15 is 0 Å². The van der Waals surface area contributed by atoms with E-state index in [2.05, 4.69) is 4.98 Å². The second-order valence-corrected chi connectivity index (χ2v) is 5.52. The van der Waals surface area contributed by atoms with Gasteiger partial charge in [-0.2, -0.15) is 0 Å². The fraction of sp³-hybridized carbons (Fsp3) is 0.308. The Hall–Kier alpha value is -1.33. The molecule has 0 saturated carbocycles. The molecule has 0 bridgehead atoms. The van der Waals surface area contributed by atoms with Gasteiger partial charge in [0.05, 0.1) is 5.69 Å². The smallest absolute Gasteiger partial charge is 0.126 e. The van der Waals surface area contributed by atoms with Gasteiger partial charge in [-0.25, -0.2) is 13.8 Å². The maximum absolute atomic E-state index is 13.2. The molecule has 0 saturated heterocycles. The molecule has 2 aromatic rings. The summed E-state index contributed by atoms with van der Waals surface area (Å²) in [4.78, 5) is 5.52. The van der Waals surface area contributed by atoms with Crippen LogP contribution in [0.15, 0.2) is 18.2 Å². The van der Waals surface area contributed by atoms with Gasteiger partial charge in [-0.15, -0.1) is 11.3 Å². The zero-order valence-electron chi connectivity index (χ0n) is 9.62. The number of aromatic nitrogens is 1. The van der Waals surface area contributed by atoms with Crippen LogP contribution in [0.25, 0.3) is 10.6 Å². The number of nitrogens with two attached hydrogens (primary N) is 1. The van der Waals surface area contributed by atoms with Crippen LogP contribution in [0.3, 0.4) is 0 Å². The summed E-state index contributed by atoms with van der Waals surface area (Å²) >= 11 is 1.44. The number of aryl methyl sites for hydroxylation is 1. The second kappa shape index (κ2) is 4.40. The van der Waals surface area contributed by atoms with E-state index in [1.807, 2.05) is 0 Å². The number of rotatable bonds is 1. The zero-order valence-corrected chi connectivity index (χ0v) is 10.4. The lowest BCUT2D eigenvalue weighted by atomic mass is 9.99. The van der Waals surface area contributed by atoms with E-state index < -0.39 is 11.6 Å². The summed E-state index contributed by atoms with van der Waals surface area (Å²) in [5.74, 6) is -1.16. The third kappa shape index (κ3) is 2.04. The maximum atomic E-state index is 13.2. The van der Waals surface area contributed by atoms with E-state index in [0.717, 1.165) is 35.9 Å². The van der Waals surface area contributed by atoms with Crippen molar-refractivity contribution in [2.75, 3.05) is 0 Å². The first-order chi connectivity index (χ1) is 8.63. The van der Waals surface area contributed by atoms with Gasteiger partial charge in [0, 0.05) is 22.5 Å². The monoisotopic (exact) mass is 266 g/mol. The molecule has 1 aliphatic carbocycles. The Bertz CT molecular complexity index is 574. The Morgan fingerprint density at radius 3 is 2.61 bits per heavy atom. The normalized spacial score (nSPS) is 18.7. The van der Waals surface area contributed by atoms with Gasteiger partial charge in [-0.3, -0.25) is 0 Å². The van der Waals surface area contributed by atoms with Crippen molar-refractivity contribution in [3.8, 4) is 10.6 Å². The number of benzene rings is 1. The number of thiazole rings is 1. The summed E-state index contributed by atoms with van der Waals surface area (Å²) < 4.78 is 26.4. The lowest BCUT2D eigenvalue weighted by Crippen LogP contribution is -2.15. The van der Waals surface area contributed by atoms with E-state index in [9.17, 15) is 8.78 Å². The molecule has 1 aromatic heterocycles. The lowest BCUT2D eigenvalue weighted by Gasteiger charge is -2.15. The molecule has 0 radical (unpaired) electrons. The number of nitrogens with zero attached hydrogens (tertiary/aromatic N) is 1. The van der Waals surface area contributed by atoms with Crippen LogP contribution in [0.5, 0.6) is 0 Å². The van der Waals surface area contributed by atoms with Crippen LogP contribution >= 0.6 is 11.3 Å². The number of hydrogen-bond donors (Lipinski definition) is 1. The van der Waals surface area contributed by atoms with Gasteiger partial charge in [0.25, 0.3) is 0 Å². The van der Waals surface area contributed by atoms with Crippen molar-refractivity contribution >= 4 is 11.3 Å². The first-order valence-electron chi connectivity index (χ1n) is 5.85. The summed E-state index contributed by atoms with van der Waals surface area (Å²) in [7, 11) is 0. The average molecular weight is 266 g/mol. The topological polar surface area (TPSA) is 38.9 Å². The Morgan fingerprint density at radius 2 is 1.94 bits per heavy atom. The first kappa shape index (κ1) is 11.7. The summed E-state index contributed by atoms with van der Waals surface area (Å²) in [6.45, 7) is 0. The molecule has 0 aliphatic heterocycles. The van der Waals surface area contributed by atoms with Gasteiger partial charge in [-0.05, 0) is 31.4 Å². The number of hydrogen-bond acceptors (Lipinski definition) is 3. The Morgan fingerprint density at radius 1 is 1.22 bits per heavy atom. The minimum Gasteiger partial charge on any atom is -0.323 e. The minimum absolute atomic E-state index is 0.0124. The van der Waals surface area contributed by atoms with Crippen LogP contribution in [0.4, 0.5) is 8.78 Å². The highest BCUT2D eigenvalue weighted by atomic mass is 32.1. The molecular formula is C13H12F2N2S. The van der Waals surface area contributed by atoms with Crippen molar-refractivity contribution in [1.82, 2.24) is 4.98 Å². The van der Waals surface area contributed by atoms with Gasteiger partial charge in [0.2, 0.25) is 0 Å². The molecule has 3 rings (SSSR count). The van der Waals surface area contributed by atoms with Gasteiger partial charge in [0.1, 0.15) is 16.6 Å². The highest BCUT2D eigenvalue weighted by Crippen LogP contribution is 2.36. The fourth-order valence-corrected chi connectivity index (χ4v) is 3.39. The molecule has 0 amide bonds. The largest absolute Gasteiger partial charge is 0.323 e. The molecular weight excluding hydrogens is 254 g/mol. The molecule has 2 nitrogen and oxygen atoms in total. The SMILES string of the molecule is NC1CCCc2nc(-c3cc(F)cc(F)c3)sc21. The molecule has 1 atom stereocenters. The molecule has 1 unspecified atom stereocenters. The minimum atomic E-state index is -0.581. The van der Waals surface area contributed by atoms with Crippen LogP contribution < -0.4 is 5.73 Å². The van der Waals surface area contributed by atoms with Gasteiger partial charge < -0.3 is 5.73 Å². The fourth-order valence-electron chi connectivity index (χ4n) is 2.25. The van der Waals surface area contributed by atoms with Crippen molar-refractivity contribution in [3.05, 3.63) is 40.4 Å². The molecule has 2 N–H and O–H groups in total. The maximum Gasteiger partial charge on any atom is 0.126 e. The molecule has 5 heteroatoms. The second-order valence-electron chi connectivity index (χ2n) is 4.49. The third-order valence-electron chi connectivity index (χ3n) is 3.10. The van der Waals surface area contributed by atoms with Crippen molar-refractivity contribution < 1.29 is 8.78 Å². The zero-order chi connectivity index (χ0) is 12.7. The summed E-state index contributed by atoms with van der Waals surface area (Å²) in [5, 5.41) is 0.649. The Labute approximate surface area is 107 Å². The molecule has 0 spiro atoms. The van der Waals surface area contributed by atoms with Crippen LogP contribution in [-0.4, -0.2) is 4.98 Å². The van der Waals surface area contributed by atoms with E-state index in [1.165, 1.54) is 23.5 Å². The predicted molar refractivity (Wildman–Crippen MR) is 67.3 cm³/mol. The van der Waals surface area contributed by atoms with Gasteiger partial charge >= 0.3 is 0 Å². The van der Waals surface area contributed by atoms with Gasteiger partial charge in [0.15, 0.2) is 0 Å². The molecule has 1 aliphatic rings. The van der Waals surface area contributed by atoms with Crippen LogP contribution in [0, 0.1) is 11.6 Å². The summed E-state index contributed by atoms with van der Waals surface area (Å²) in [6.07, 6.45) is 2.87. The first-order valence-corrected chi connectivity index (χ1v) is 6.67. The molecule has 18 heavy (non-hydrogen) atoms. The van der Waals surface area contributed by atoms with Crippen LogP contribution in [0.2, 0.25) is 0 Å². The summed E-state index contributed by atoms with van der Waals surface area (Å²) in [5.41, 5.74) is 7.49. The molecule has 0 fully saturated rings. The van der Waals surface area contributed by atoms with Crippen molar-refractivity contribution in [2.24, 2.45) is 5.73 Å². The van der Waals surface area contributed by atoms with Crippen molar-refractivity contribution in [3.63, 3.8) is 0 Å². The standard InChI is InChI=1S/C13H12F2N2S/c14-8-4-7(5-9(15)6-8)13-17-11-3-1-2-10(16)12(11)18-13/h4-6,10H,1-3,16H2. The Balaban J connectivity index is 2.07. The van der Waals surface area contributed by atoms with Crippen molar-refractivity contribution in [2.45, 2.75) is 25.3 Å². The van der Waals surface area contributed by atoms with Gasteiger partial charge in [-0.1, -0.05) is 0 Å². The molecule has 94 valence electrons. The molecule has 1 aromatic carbocycles. The van der Waals surface area contributed by atoms with Crippen molar-refractivity contribution in [1.29, 1.82) is 0 Å². The van der Waals surface area contributed by atoms with Crippen LogP contribution in [-0.2, 0) is 6.42 Å². The quantitative estimate of drug-likeness (QED) is 0.859. The third-order valence-corrected chi connectivity index (χ3v) is 4.38.